The van der Waals surface area contributed by atoms with E-state index in [1.165, 1.54) is 38.6 Å². The fourth-order valence-electron chi connectivity index (χ4n) is 3.55. The lowest BCUT2D eigenvalue weighted by molar-refractivity contribution is -0.125. The average Bonchev–Trinajstić information content (AvgIpc) is 2.95. The van der Waals surface area contributed by atoms with E-state index >= 15 is 0 Å². The zero-order valence-electron chi connectivity index (χ0n) is 13.3. The normalized spacial score (nSPS) is 27.9. The Bertz CT molecular complexity index is 339. The fourth-order valence-corrected chi connectivity index (χ4v) is 3.55. The van der Waals surface area contributed by atoms with Gasteiger partial charge in [0.2, 0.25) is 5.91 Å². The molecule has 2 fully saturated rings. The summed E-state index contributed by atoms with van der Waals surface area (Å²) < 4.78 is 0. The zero-order valence-corrected chi connectivity index (χ0v) is 13.3. The molecular weight excluding hydrogens is 248 g/mol. The molecule has 0 spiro atoms. The number of carbonyl (C=O) groups excluding carboxylic acids is 1. The summed E-state index contributed by atoms with van der Waals surface area (Å²) in [5, 5.41) is 0. The smallest absolute Gasteiger partial charge is 0.245 e. The summed E-state index contributed by atoms with van der Waals surface area (Å²) in [5.41, 5.74) is 0. The first kappa shape index (κ1) is 15.6. The molecule has 0 radical (unpaired) electrons. The van der Waals surface area contributed by atoms with Gasteiger partial charge in [0.15, 0.2) is 0 Å². The number of hydrogen-bond acceptors (Lipinski definition) is 2. The summed E-state index contributed by atoms with van der Waals surface area (Å²) in [6, 6.07) is 0. The molecule has 3 atom stereocenters. The van der Waals surface area contributed by atoms with Crippen molar-refractivity contribution >= 4 is 5.91 Å². The second-order valence-electron chi connectivity index (χ2n) is 7.09. The summed E-state index contributed by atoms with van der Waals surface area (Å²) in [7, 11) is 0. The van der Waals surface area contributed by atoms with E-state index in [9.17, 15) is 4.79 Å². The molecule has 0 aromatic rings. The fraction of sp³-hybridized carbons (Fsp3) is 0.824. The van der Waals surface area contributed by atoms with Crippen molar-refractivity contribution in [1.82, 2.24) is 9.80 Å². The number of hydrogen-bond donors (Lipinski definition) is 0. The third kappa shape index (κ3) is 3.63. The van der Waals surface area contributed by atoms with E-state index < -0.39 is 0 Å². The Labute approximate surface area is 124 Å². The standard InChI is InChI=1S/C17H30N2O/c1-5-17(20)19-11-15-9-18(10-16(15)12-19)8-6-7-14(4)13(2)3/h5,13-16H,1,6-12H2,2-4H3/t14?,15-,16+. The van der Waals surface area contributed by atoms with E-state index in [0.29, 0.717) is 11.8 Å². The molecule has 2 aliphatic heterocycles. The first-order chi connectivity index (χ1) is 9.51. The number of amides is 1. The topological polar surface area (TPSA) is 23.6 Å². The van der Waals surface area contributed by atoms with Gasteiger partial charge in [0.05, 0.1) is 0 Å². The molecule has 0 aliphatic carbocycles. The van der Waals surface area contributed by atoms with Crippen LogP contribution < -0.4 is 0 Å². The Kier molecular flexibility index (Phi) is 5.25. The van der Waals surface area contributed by atoms with Gasteiger partial charge in [-0.05, 0) is 49.1 Å². The molecule has 0 bridgehead atoms. The molecular formula is C17H30N2O. The van der Waals surface area contributed by atoms with Crippen LogP contribution in [0.15, 0.2) is 12.7 Å². The summed E-state index contributed by atoms with van der Waals surface area (Å²) in [4.78, 5) is 16.2. The van der Waals surface area contributed by atoms with Crippen LogP contribution in [0.3, 0.4) is 0 Å². The van der Waals surface area contributed by atoms with Crippen LogP contribution >= 0.6 is 0 Å². The number of fused-ring (bicyclic) bond motifs is 1. The first-order valence-electron chi connectivity index (χ1n) is 8.15. The average molecular weight is 278 g/mol. The van der Waals surface area contributed by atoms with Crippen LogP contribution in [0.5, 0.6) is 0 Å². The minimum atomic E-state index is 0.108. The molecule has 2 aliphatic rings. The predicted molar refractivity (Wildman–Crippen MR) is 83.4 cm³/mol. The lowest BCUT2D eigenvalue weighted by Gasteiger charge is -2.22. The third-order valence-corrected chi connectivity index (χ3v) is 5.32. The van der Waals surface area contributed by atoms with Crippen LogP contribution in [-0.4, -0.2) is 48.4 Å². The third-order valence-electron chi connectivity index (χ3n) is 5.32. The van der Waals surface area contributed by atoms with Crippen molar-refractivity contribution in [2.45, 2.75) is 33.6 Å². The molecule has 0 aromatic carbocycles. The molecule has 2 heterocycles. The van der Waals surface area contributed by atoms with Crippen LogP contribution in [-0.2, 0) is 4.79 Å². The first-order valence-corrected chi connectivity index (χ1v) is 8.15. The van der Waals surface area contributed by atoms with E-state index in [1.54, 1.807) is 0 Å². The Morgan fingerprint density at radius 3 is 2.30 bits per heavy atom. The monoisotopic (exact) mass is 278 g/mol. The van der Waals surface area contributed by atoms with Crippen molar-refractivity contribution in [2.24, 2.45) is 23.7 Å². The molecule has 20 heavy (non-hydrogen) atoms. The van der Waals surface area contributed by atoms with Gasteiger partial charge in [-0.25, -0.2) is 0 Å². The van der Waals surface area contributed by atoms with Gasteiger partial charge in [-0.1, -0.05) is 27.4 Å². The highest BCUT2D eigenvalue weighted by atomic mass is 16.2. The Balaban J connectivity index is 1.68. The number of likely N-dealkylation sites (tertiary alicyclic amines) is 2. The number of rotatable bonds is 6. The highest BCUT2D eigenvalue weighted by Crippen LogP contribution is 2.31. The summed E-state index contributed by atoms with van der Waals surface area (Å²) in [6.45, 7) is 16.1. The van der Waals surface area contributed by atoms with E-state index in [1.807, 2.05) is 4.90 Å². The van der Waals surface area contributed by atoms with Gasteiger partial charge in [0, 0.05) is 26.2 Å². The highest BCUT2D eigenvalue weighted by Gasteiger charge is 2.40. The van der Waals surface area contributed by atoms with E-state index in [-0.39, 0.29) is 5.91 Å². The zero-order chi connectivity index (χ0) is 14.7. The van der Waals surface area contributed by atoms with E-state index in [2.05, 4.69) is 32.3 Å². The molecule has 3 nitrogen and oxygen atoms in total. The van der Waals surface area contributed by atoms with Crippen LogP contribution in [0.25, 0.3) is 0 Å². The molecule has 2 saturated heterocycles. The minimum absolute atomic E-state index is 0.108. The second-order valence-corrected chi connectivity index (χ2v) is 7.09. The molecule has 114 valence electrons. The maximum absolute atomic E-state index is 11.6. The quantitative estimate of drug-likeness (QED) is 0.697. The maximum atomic E-state index is 11.6. The van der Waals surface area contributed by atoms with Crippen LogP contribution in [0.1, 0.15) is 33.6 Å². The largest absolute Gasteiger partial charge is 0.339 e. The SMILES string of the molecule is C=CC(=O)N1C[C@H]2CN(CCCC(C)C(C)C)C[C@H]2C1. The molecule has 2 rings (SSSR count). The molecule has 0 saturated carbocycles. The lowest BCUT2D eigenvalue weighted by atomic mass is 9.93. The van der Waals surface area contributed by atoms with Crippen molar-refractivity contribution in [2.75, 3.05) is 32.7 Å². The molecule has 0 N–H and O–H groups in total. The second kappa shape index (κ2) is 6.75. The van der Waals surface area contributed by atoms with Gasteiger partial charge in [0.1, 0.15) is 0 Å². The summed E-state index contributed by atoms with van der Waals surface area (Å²) >= 11 is 0. The lowest BCUT2D eigenvalue weighted by Crippen LogP contribution is -2.32. The van der Waals surface area contributed by atoms with Gasteiger partial charge in [-0.15, -0.1) is 0 Å². The molecule has 1 unspecified atom stereocenters. The van der Waals surface area contributed by atoms with E-state index in [0.717, 1.165) is 24.9 Å². The Morgan fingerprint density at radius 2 is 1.80 bits per heavy atom. The van der Waals surface area contributed by atoms with Gasteiger partial charge >= 0.3 is 0 Å². The van der Waals surface area contributed by atoms with Crippen molar-refractivity contribution in [3.05, 3.63) is 12.7 Å². The van der Waals surface area contributed by atoms with Crippen molar-refractivity contribution in [3.63, 3.8) is 0 Å². The van der Waals surface area contributed by atoms with Gasteiger partial charge < -0.3 is 9.80 Å². The Hall–Kier alpha value is -0.830. The van der Waals surface area contributed by atoms with Crippen LogP contribution in [0.2, 0.25) is 0 Å². The summed E-state index contributed by atoms with van der Waals surface area (Å²) in [5.74, 6) is 3.13. The van der Waals surface area contributed by atoms with E-state index in [4.69, 9.17) is 0 Å². The minimum Gasteiger partial charge on any atom is -0.339 e. The highest BCUT2D eigenvalue weighted by molar-refractivity contribution is 5.87. The molecule has 1 amide bonds. The molecule has 0 aromatic heterocycles. The molecule has 3 heteroatoms. The number of carbonyl (C=O) groups is 1. The van der Waals surface area contributed by atoms with Crippen molar-refractivity contribution < 1.29 is 4.79 Å². The van der Waals surface area contributed by atoms with Crippen LogP contribution in [0, 0.1) is 23.7 Å². The summed E-state index contributed by atoms with van der Waals surface area (Å²) in [6.07, 6.45) is 4.10. The Morgan fingerprint density at radius 1 is 1.20 bits per heavy atom. The van der Waals surface area contributed by atoms with Crippen LogP contribution in [0.4, 0.5) is 0 Å². The maximum Gasteiger partial charge on any atom is 0.245 e. The predicted octanol–water partition coefficient (Wildman–Crippen LogP) is 2.63. The van der Waals surface area contributed by atoms with Crippen molar-refractivity contribution in [1.29, 1.82) is 0 Å². The van der Waals surface area contributed by atoms with Gasteiger partial charge in [0.25, 0.3) is 0 Å². The van der Waals surface area contributed by atoms with Gasteiger partial charge in [-0.2, -0.15) is 0 Å². The van der Waals surface area contributed by atoms with Crippen molar-refractivity contribution in [3.8, 4) is 0 Å². The van der Waals surface area contributed by atoms with Gasteiger partial charge in [-0.3, -0.25) is 4.79 Å². The number of nitrogens with zero attached hydrogens (tertiary/aromatic N) is 2.